The number of aliphatic hydroxyl groups is 1. The molecule has 1 aromatic carbocycles. The van der Waals surface area contributed by atoms with E-state index in [1.807, 2.05) is 6.92 Å². The first-order valence-electron chi connectivity index (χ1n) is 5.67. The molecule has 1 fully saturated rings. The topological polar surface area (TPSA) is 46.5 Å². The fourth-order valence-electron chi connectivity index (χ4n) is 1.68. The lowest BCUT2D eigenvalue weighted by atomic mass is 10.0. The Morgan fingerprint density at radius 2 is 2.06 bits per heavy atom. The molecule has 1 N–H and O–H groups in total. The van der Waals surface area contributed by atoms with Gasteiger partial charge in [0.2, 0.25) is 0 Å². The van der Waals surface area contributed by atoms with Gasteiger partial charge in [0.05, 0.1) is 6.61 Å². The predicted octanol–water partition coefficient (Wildman–Crippen LogP) is 2.04. The molecule has 86 valence electrons. The second-order valence-electron chi connectivity index (χ2n) is 4.10. The molecule has 0 aromatic heterocycles. The molecule has 3 nitrogen and oxygen atoms in total. The lowest BCUT2D eigenvalue weighted by Gasteiger charge is -2.08. The van der Waals surface area contributed by atoms with Gasteiger partial charge in [0.15, 0.2) is 5.78 Å². The molecule has 0 radical (unpaired) electrons. The number of carbonyl (C=O) groups excluding carboxylic acids is 1. The van der Waals surface area contributed by atoms with Crippen LogP contribution in [0.5, 0.6) is 5.75 Å². The number of rotatable bonds is 5. The Balaban J connectivity index is 2.05. The molecule has 0 saturated heterocycles. The summed E-state index contributed by atoms with van der Waals surface area (Å²) >= 11 is 0. The van der Waals surface area contributed by atoms with Gasteiger partial charge in [-0.3, -0.25) is 4.79 Å². The molecule has 1 aliphatic rings. The zero-order valence-corrected chi connectivity index (χ0v) is 9.35. The van der Waals surface area contributed by atoms with Gasteiger partial charge in [-0.25, -0.2) is 0 Å². The molecule has 0 bridgehead atoms. The van der Waals surface area contributed by atoms with Crippen molar-refractivity contribution in [3.63, 3.8) is 0 Å². The van der Waals surface area contributed by atoms with Crippen LogP contribution < -0.4 is 4.74 Å². The molecular formula is C13H16O3. The van der Waals surface area contributed by atoms with Gasteiger partial charge in [0, 0.05) is 5.56 Å². The van der Waals surface area contributed by atoms with E-state index in [1.54, 1.807) is 24.3 Å². The summed E-state index contributed by atoms with van der Waals surface area (Å²) in [6.45, 7) is 2.52. The molecular weight excluding hydrogens is 204 g/mol. The van der Waals surface area contributed by atoms with E-state index in [9.17, 15) is 9.90 Å². The van der Waals surface area contributed by atoms with Crippen LogP contribution in [0.2, 0.25) is 0 Å². The number of carbonyl (C=O) groups is 1. The van der Waals surface area contributed by atoms with E-state index in [0.717, 1.165) is 18.6 Å². The summed E-state index contributed by atoms with van der Waals surface area (Å²) in [7, 11) is 0. The van der Waals surface area contributed by atoms with Gasteiger partial charge in [0.25, 0.3) is 0 Å². The standard InChI is InChI=1S/C13H16O3/c1-2-16-11-7-5-10(6-8-11)13(15)12(14)9-3-4-9/h5-9,12,14H,2-4H2,1H3. The lowest BCUT2D eigenvalue weighted by Crippen LogP contribution is -2.22. The first-order chi connectivity index (χ1) is 7.72. The Morgan fingerprint density at radius 1 is 1.44 bits per heavy atom. The van der Waals surface area contributed by atoms with Crippen molar-refractivity contribution in [3.8, 4) is 5.75 Å². The minimum Gasteiger partial charge on any atom is -0.494 e. The smallest absolute Gasteiger partial charge is 0.191 e. The van der Waals surface area contributed by atoms with Crippen LogP contribution in [-0.2, 0) is 0 Å². The Morgan fingerprint density at radius 3 is 2.56 bits per heavy atom. The van der Waals surface area contributed by atoms with E-state index in [4.69, 9.17) is 4.74 Å². The molecule has 1 saturated carbocycles. The van der Waals surface area contributed by atoms with Gasteiger partial charge >= 0.3 is 0 Å². The van der Waals surface area contributed by atoms with Crippen LogP contribution in [0.1, 0.15) is 30.1 Å². The highest BCUT2D eigenvalue weighted by molar-refractivity contribution is 5.99. The van der Waals surface area contributed by atoms with Crippen molar-refractivity contribution >= 4 is 5.78 Å². The van der Waals surface area contributed by atoms with Crippen LogP contribution in [0.4, 0.5) is 0 Å². The molecule has 1 aromatic rings. The molecule has 2 rings (SSSR count). The summed E-state index contributed by atoms with van der Waals surface area (Å²) in [6.07, 6.45) is 1.10. The normalized spacial score (nSPS) is 16.9. The average Bonchev–Trinajstić information content (AvgIpc) is 3.12. The van der Waals surface area contributed by atoms with Gasteiger partial charge < -0.3 is 9.84 Å². The highest BCUT2D eigenvalue weighted by Gasteiger charge is 2.34. The average molecular weight is 220 g/mol. The quantitative estimate of drug-likeness (QED) is 0.772. The van der Waals surface area contributed by atoms with E-state index >= 15 is 0 Å². The van der Waals surface area contributed by atoms with Crippen LogP contribution >= 0.6 is 0 Å². The van der Waals surface area contributed by atoms with E-state index in [0.29, 0.717) is 12.2 Å². The number of hydrogen-bond acceptors (Lipinski definition) is 3. The van der Waals surface area contributed by atoms with Crippen LogP contribution in [-0.4, -0.2) is 23.6 Å². The van der Waals surface area contributed by atoms with Gasteiger partial charge in [0.1, 0.15) is 11.9 Å². The van der Waals surface area contributed by atoms with Crippen molar-refractivity contribution in [2.75, 3.05) is 6.61 Å². The molecule has 0 spiro atoms. The summed E-state index contributed by atoms with van der Waals surface area (Å²) in [5.41, 5.74) is 0.558. The third kappa shape index (κ3) is 2.42. The molecule has 1 aliphatic carbocycles. The predicted molar refractivity (Wildman–Crippen MR) is 60.7 cm³/mol. The number of ketones is 1. The molecule has 16 heavy (non-hydrogen) atoms. The van der Waals surface area contributed by atoms with Gasteiger partial charge in [-0.1, -0.05) is 0 Å². The van der Waals surface area contributed by atoms with Gasteiger partial charge in [-0.15, -0.1) is 0 Å². The molecule has 0 amide bonds. The van der Waals surface area contributed by atoms with Crippen LogP contribution in [0.25, 0.3) is 0 Å². The second kappa shape index (κ2) is 4.66. The molecule has 1 atom stereocenters. The summed E-state index contributed by atoms with van der Waals surface area (Å²) < 4.78 is 5.29. The van der Waals surface area contributed by atoms with Gasteiger partial charge in [-0.2, -0.15) is 0 Å². The summed E-state index contributed by atoms with van der Waals surface area (Å²) in [5.74, 6) is 0.754. The zero-order valence-electron chi connectivity index (χ0n) is 9.35. The molecule has 0 aliphatic heterocycles. The summed E-state index contributed by atoms with van der Waals surface area (Å²) in [6, 6.07) is 6.94. The highest BCUT2D eigenvalue weighted by Crippen LogP contribution is 2.34. The van der Waals surface area contributed by atoms with Crippen molar-refractivity contribution in [3.05, 3.63) is 29.8 Å². The summed E-state index contributed by atoms with van der Waals surface area (Å²) in [5, 5.41) is 9.70. The van der Waals surface area contributed by atoms with E-state index in [-0.39, 0.29) is 11.7 Å². The Labute approximate surface area is 95.0 Å². The highest BCUT2D eigenvalue weighted by atomic mass is 16.5. The SMILES string of the molecule is CCOc1ccc(C(=O)C(O)C2CC2)cc1. The first kappa shape index (κ1) is 11.1. The van der Waals surface area contributed by atoms with Crippen molar-refractivity contribution < 1.29 is 14.6 Å². The fourth-order valence-corrected chi connectivity index (χ4v) is 1.68. The number of benzene rings is 1. The molecule has 3 heteroatoms. The summed E-state index contributed by atoms with van der Waals surface area (Å²) in [4.78, 5) is 11.8. The minimum atomic E-state index is -0.821. The van der Waals surface area contributed by atoms with E-state index in [2.05, 4.69) is 0 Å². The third-order valence-corrected chi connectivity index (χ3v) is 2.79. The van der Waals surface area contributed by atoms with Gasteiger partial charge in [-0.05, 0) is 49.9 Å². The first-order valence-corrected chi connectivity index (χ1v) is 5.67. The number of ether oxygens (including phenoxy) is 1. The number of hydrogen-bond donors (Lipinski definition) is 1. The molecule has 1 unspecified atom stereocenters. The van der Waals surface area contributed by atoms with Crippen LogP contribution in [0, 0.1) is 5.92 Å². The Hall–Kier alpha value is -1.35. The Kier molecular flexibility index (Phi) is 3.25. The second-order valence-corrected chi connectivity index (χ2v) is 4.10. The lowest BCUT2D eigenvalue weighted by molar-refractivity contribution is 0.0704. The number of aliphatic hydroxyl groups excluding tert-OH is 1. The number of Topliss-reactive ketones (excluding diaryl/α,β-unsaturated/α-hetero) is 1. The van der Waals surface area contributed by atoms with Crippen molar-refractivity contribution in [2.24, 2.45) is 5.92 Å². The maximum Gasteiger partial charge on any atom is 0.191 e. The third-order valence-electron chi connectivity index (χ3n) is 2.79. The maximum absolute atomic E-state index is 11.8. The van der Waals surface area contributed by atoms with Crippen molar-refractivity contribution in [1.82, 2.24) is 0 Å². The van der Waals surface area contributed by atoms with Crippen molar-refractivity contribution in [1.29, 1.82) is 0 Å². The van der Waals surface area contributed by atoms with Crippen LogP contribution in [0.3, 0.4) is 0 Å². The van der Waals surface area contributed by atoms with E-state index < -0.39 is 6.10 Å². The fraction of sp³-hybridized carbons (Fsp3) is 0.462. The zero-order chi connectivity index (χ0) is 11.5. The maximum atomic E-state index is 11.8. The largest absolute Gasteiger partial charge is 0.494 e. The monoisotopic (exact) mass is 220 g/mol. The minimum absolute atomic E-state index is 0.175. The Bertz CT molecular complexity index is 365. The van der Waals surface area contributed by atoms with E-state index in [1.165, 1.54) is 0 Å². The van der Waals surface area contributed by atoms with Crippen LogP contribution in [0.15, 0.2) is 24.3 Å². The van der Waals surface area contributed by atoms with Crippen molar-refractivity contribution in [2.45, 2.75) is 25.9 Å². The molecule has 0 heterocycles.